The summed E-state index contributed by atoms with van der Waals surface area (Å²) in [5.41, 5.74) is 8.48. The molecule has 2 atom stereocenters. The summed E-state index contributed by atoms with van der Waals surface area (Å²) < 4.78 is 2.32. The van der Waals surface area contributed by atoms with Crippen LogP contribution in [0.15, 0.2) is 79.0 Å². The number of carbonyl (C=O) groups excluding carboxylic acids is 1. The zero-order chi connectivity index (χ0) is 28.4. The molecular weight excluding hydrogens is 516 g/mol. The predicted octanol–water partition coefficient (Wildman–Crippen LogP) is 6.47. The molecule has 5 rings (SSSR count). The molecule has 1 fully saturated rings. The number of aromatic nitrogens is 2. The van der Waals surface area contributed by atoms with Crippen molar-refractivity contribution in [3.05, 3.63) is 102 Å². The molecule has 0 aliphatic carbocycles. The molecule has 7 nitrogen and oxygen atoms in total. The van der Waals surface area contributed by atoms with Crippen LogP contribution in [0.1, 0.15) is 55.5 Å². The topological polar surface area (TPSA) is 65.4 Å². The van der Waals surface area contributed by atoms with E-state index in [1.165, 1.54) is 18.2 Å². The van der Waals surface area contributed by atoms with E-state index in [4.69, 9.17) is 17.2 Å². The van der Waals surface area contributed by atoms with Crippen molar-refractivity contribution in [3.63, 3.8) is 0 Å². The highest BCUT2D eigenvalue weighted by atomic mass is 32.1. The first-order valence-corrected chi connectivity index (χ1v) is 14.2. The minimum absolute atomic E-state index is 0.100. The zero-order valence-electron chi connectivity index (χ0n) is 23.7. The van der Waals surface area contributed by atoms with Gasteiger partial charge in [-0.2, -0.15) is 0 Å². The monoisotopic (exact) mass is 552 g/mol. The minimum Gasteiger partial charge on any atom is -0.372 e. The number of thiocarbonyl (C=S) groups is 1. The highest BCUT2D eigenvalue weighted by Crippen LogP contribution is 2.44. The molecule has 206 valence electrons. The van der Waals surface area contributed by atoms with Crippen LogP contribution in [-0.2, 0) is 4.79 Å². The number of nitrogens with zero attached hydrogens (tertiary/aromatic N) is 4. The van der Waals surface area contributed by atoms with Crippen molar-refractivity contribution in [2.24, 2.45) is 0 Å². The average Bonchev–Trinajstić information content (AvgIpc) is 3.45. The number of nitrogens with one attached hydrogen (secondary N) is 2. The number of hydrogen-bond acceptors (Lipinski definition) is 4. The molecule has 2 N–H and O–H groups in total. The lowest BCUT2D eigenvalue weighted by Gasteiger charge is -2.28. The molecule has 0 unspecified atom stereocenters. The molecule has 2 aromatic heterocycles. The van der Waals surface area contributed by atoms with Gasteiger partial charge in [-0.1, -0.05) is 6.07 Å². The van der Waals surface area contributed by atoms with Crippen molar-refractivity contribution in [1.29, 1.82) is 0 Å². The van der Waals surface area contributed by atoms with Gasteiger partial charge in [0.25, 0.3) is 0 Å². The van der Waals surface area contributed by atoms with Crippen molar-refractivity contribution < 1.29 is 4.79 Å². The van der Waals surface area contributed by atoms with Gasteiger partial charge in [-0.15, -0.1) is 0 Å². The third-order valence-corrected chi connectivity index (χ3v) is 7.90. The van der Waals surface area contributed by atoms with Crippen LogP contribution in [0.5, 0.6) is 0 Å². The zero-order valence-corrected chi connectivity index (χ0v) is 24.5. The van der Waals surface area contributed by atoms with E-state index < -0.39 is 0 Å². The SMILES string of the molecule is CCN(CC)c1ccc(-n2c(C)cc([C@@H]3[C@@H](c4ccccn4)NC(=S)N3c3ccc(NC(C)=O)cc3)c2C)cc1. The third kappa shape index (κ3) is 5.19. The largest absolute Gasteiger partial charge is 0.372 e. The molecule has 4 aromatic rings. The van der Waals surface area contributed by atoms with Gasteiger partial charge in [0.15, 0.2) is 5.11 Å². The molecule has 1 saturated heterocycles. The highest BCUT2D eigenvalue weighted by molar-refractivity contribution is 7.80. The number of aryl methyl sites for hydroxylation is 1. The number of anilines is 3. The summed E-state index contributed by atoms with van der Waals surface area (Å²) in [4.78, 5) is 20.8. The van der Waals surface area contributed by atoms with E-state index in [1.807, 2.05) is 48.7 Å². The minimum atomic E-state index is -0.136. The highest BCUT2D eigenvalue weighted by Gasteiger charge is 2.42. The summed E-state index contributed by atoms with van der Waals surface area (Å²) >= 11 is 5.92. The van der Waals surface area contributed by atoms with Crippen LogP contribution in [0.2, 0.25) is 0 Å². The van der Waals surface area contributed by atoms with Gasteiger partial charge in [0.05, 0.1) is 17.8 Å². The molecule has 1 amide bonds. The van der Waals surface area contributed by atoms with Gasteiger partial charge < -0.3 is 25.0 Å². The molecule has 2 aromatic carbocycles. The fraction of sp³-hybridized carbons (Fsp3) is 0.281. The Labute approximate surface area is 241 Å². The van der Waals surface area contributed by atoms with Gasteiger partial charge in [0, 0.05) is 60.3 Å². The molecule has 1 aliphatic rings. The predicted molar refractivity (Wildman–Crippen MR) is 167 cm³/mol. The summed E-state index contributed by atoms with van der Waals surface area (Å²) in [6.45, 7) is 12.2. The number of benzene rings is 2. The Morgan fingerprint density at radius 3 is 2.27 bits per heavy atom. The summed E-state index contributed by atoms with van der Waals surface area (Å²) in [6.07, 6.45) is 1.82. The van der Waals surface area contributed by atoms with Crippen molar-refractivity contribution in [2.75, 3.05) is 28.2 Å². The van der Waals surface area contributed by atoms with Crippen molar-refractivity contribution in [1.82, 2.24) is 14.9 Å². The average molecular weight is 553 g/mol. The first-order chi connectivity index (χ1) is 19.3. The second-order valence-corrected chi connectivity index (χ2v) is 10.5. The van der Waals surface area contributed by atoms with Crippen LogP contribution >= 0.6 is 12.2 Å². The van der Waals surface area contributed by atoms with Gasteiger partial charge in [-0.3, -0.25) is 9.78 Å². The Hall–Kier alpha value is -4.17. The quantitative estimate of drug-likeness (QED) is 0.244. The van der Waals surface area contributed by atoms with Gasteiger partial charge in [0.2, 0.25) is 5.91 Å². The summed E-state index contributed by atoms with van der Waals surface area (Å²) in [7, 11) is 0. The van der Waals surface area contributed by atoms with Gasteiger partial charge in [-0.05, 0) is 112 Å². The van der Waals surface area contributed by atoms with Crippen molar-refractivity contribution in [3.8, 4) is 5.69 Å². The third-order valence-electron chi connectivity index (χ3n) is 7.59. The normalized spacial score (nSPS) is 16.6. The second kappa shape index (κ2) is 11.5. The molecule has 0 spiro atoms. The number of hydrogen-bond donors (Lipinski definition) is 2. The van der Waals surface area contributed by atoms with Crippen LogP contribution in [0.25, 0.3) is 5.69 Å². The maximum atomic E-state index is 11.6. The molecule has 1 aliphatic heterocycles. The lowest BCUT2D eigenvalue weighted by Crippen LogP contribution is -2.29. The Morgan fingerprint density at radius 1 is 1.00 bits per heavy atom. The number of pyridine rings is 1. The van der Waals surface area contributed by atoms with E-state index in [-0.39, 0.29) is 18.0 Å². The maximum absolute atomic E-state index is 11.6. The molecule has 8 heteroatoms. The summed E-state index contributed by atoms with van der Waals surface area (Å²) in [6, 6.07) is 24.6. The van der Waals surface area contributed by atoms with Gasteiger partial charge in [-0.25, -0.2) is 0 Å². The molecule has 40 heavy (non-hydrogen) atoms. The summed E-state index contributed by atoms with van der Waals surface area (Å²) in [5, 5.41) is 7.04. The van der Waals surface area contributed by atoms with Crippen LogP contribution in [0.4, 0.5) is 17.1 Å². The Morgan fingerprint density at radius 2 is 1.68 bits per heavy atom. The number of carbonyl (C=O) groups is 1. The molecule has 0 radical (unpaired) electrons. The van der Waals surface area contributed by atoms with Crippen LogP contribution < -0.4 is 20.4 Å². The fourth-order valence-electron chi connectivity index (χ4n) is 5.74. The number of rotatable bonds is 8. The van der Waals surface area contributed by atoms with E-state index >= 15 is 0 Å². The first kappa shape index (κ1) is 27.4. The second-order valence-electron chi connectivity index (χ2n) is 10.1. The van der Waals surface area contributed by atoms with E-state index in [0.29, 0.717) is 5.11 Å². The van der Waals surface area contributed by atoms with Crippen LogP contribution in [0.3, 0.4) is 0 Å². The Bertz CT molecular complexity index is 1490. The van der Waals surface area contributed by atoms with Crippen LogP contribution in [-0.4, -0.2) is 33.7 Å². The number of amides is 1. The van der Waals surface area contributed by atoms with E-state index in [0.717, 1.165) is 47.2 Å². The molecule has 0 bridgehead atoms. The lowest BCUT2D eigenvalue weighted by atomic mass is 9.96. The molecular formula is C32H36N6OS. The van der Waals surface area contributed by atoms with Crippen molar-refractivity contribution in [2.45, 2.75) is 46.7 Å². The van der Waals surface area contributed by atoms with E-state index in [9.17, 15) is 4.79 Å². The molecule has 0 saturated carbocycles. The van der Waals surface area contributed by atoms with E-state index in [1.54, 1.807) is 0 Å². The van der Waals surface area contributed by atoms with Crippen molar-refractivity contribution >= 4 is 40.3 Å². The van der Waals surface area contributed by atoms with E-state index in [2.05, 4.69) is 83.0 Å². The summed E-state index contributed by atoms with van der Waals surface area (Å²) in [5.74, 6) is -0.100. The lowest BCUT2D eigenvalue weighted by molar-refractivity contribution is -0.114. The van der Waals surface area contributed by atoms with Gasteiger partial charge >= 0.3 is 0 Å². The smallest absolute Gasteiger partial charge is 0.221 e. The first-order valence-electron chi connectivity index (χ1n) is 13.7. The Balaban J connectivity index is 1.58. The molecule has 3 heterocycles. The Kier molecular flexibility index (Phi) is 7.89. The van der Waals surface area contributed by atoms with Crippen LogP contribution in [0, 0.1) is 13.8 Å². The standard InChI is InChI=1S/C32H36N6OS/c1-6-36(7-2)25-15-17-26(18-16-25)37-21(3)20-28(22(37)4)31-30(29-10-8-9-19-33-29)35-32(40)38(31)27-13-11-24(12-14-27)34-23(5)39/h8-20,30-31H,6-7H2,1-5H3,(H,34,39)(H,35,40)/t30-,31-/m1/s1. The maximum Gasteiger partial charge on any atom is 0.221 e. The van der Waals surface area contributed by atoms with Gasteiger partial charge in [0.1, 0.15) is 0 Å². The fourth-order valence-corrected chi connectivity index (χ4v) is 6.09.